The van der Waals surface area contributed by atoms with Crippen LogP contribution in [0.25, 0.3) is 0 Å². The molecule has 0 saturated carbocycles. The lowest BCUT2D eigenvalue weighted by molar-refractivity contribution is -0.115. The predicted octanol–water partition coefficient (Wildman–Crippen LogP) is 2.06. The minimum atomic E-state index is -0.537. The summed E-state index contributed by atoms with van der Waals surface area (Å²) in [6.07, 6.45) is 0.959. The molecule has 6 heteroatoms. The summed E-state index contributed by atoms with van der Waals surface area (Å²) in [5, 5.41) is 5.95. The van der Waals surface area contributed by atoms with Gasteiger partial charge in [0.2, 0.25) is 5.91 Å². The molecule has 0 aliphatic rings. The van der Waals surface area contributed by atoms with E-state index < -0.39 is 5.97 Å². The number of ether oxygens (including phenoxy) is 1. The minimum absolute atomic E-state index is 0.174. The van der Waals surface area contributed by atoms with Crippen molar-refractivity contribution in [3.05, 3.63) is 28.8 Å². The zero-order valence-electron chi connectivity index (χ0n) is 11.0. The molecule has 0 radical (unpaired) electrons. The van der Waals surface area contributed by atoms with Crippen LogP contribution in [0, 0.1) is 0 Å². The normalized spacial score (nSPS) is 10.1. The van der Waals surface area contributed by atoms with Gasteiger partial charge in [-0.15, -0.1) is 0 Å². The number of benzene rings is 1. The molecule has 1 aromatic rings. The molecule has 0 fully saturated rings. The van der Waals surface area contributed by atoms with E-state index in [0.29, 0.717) is 5.69 Å². The molecular formula is C13H17ClN2O3. The van der Waals surface area contributed by atoms with Crippen molar-refractivity contribution in [2.75, 3.05) is 25.5 Å². The van der Waals surface area contributed by atoms with Crippen LogP contribution in [-0.4, -0.2) is 32.1 Å². The van der Waals surface area contributed by atoms with Crippen molar-refractivity contribution >= 4 is 29.2 Å². The van der Waals surface area contributed by atoms with Gasteiger partial charge in [0, 0.05) is 5.69 Å². The van der Waals surface area contributed by atoms with E-state index in [1.54, 1.807) is 12.1 Å². The van der Waals surface area contributed by atoms with Crippen LogP contribution in [0.15, 0.2) is 18.2 Å². The van der Waals surface area contributed by atoms with Gasteiger partial charge in [0.1, 0.15) is 0 Å². The number of carbonyl (C=O) groups is 2. The molecule has 0 spiro atoms. The molecule has 104 valence electrons. The Morgan fingerprint density at radius 2 is 2.11 bits per heavy atom. The highest BCUT2D eigenvalue weighted by Gasteiger charge is 2.12. The van der Waals surface area contributed by atoms with Gasteiger partial charge in [-0.25, -0.2) is 4.79 Å². The zero-order valence-corrected chi connectivity index (χ0v) is 11.7. The Kier molecular flexibility index (Phi) is 6.32. The third-order valence-corrected chi connectivity index (χ3v) is 2.70. The second kappa shape index (κ2) is 7.76. The number of hydrogen-bond donors (Lipinski definition) is 2. The van der Waals surface area contributed by atoms with Gasteiger partial charge in [-0.3, -0.25) is 4.79 Å². The summed E-state index contributed by atoms with van der Waals surface area (Å²) in [7, 11) is 1.28. The summed E-state index contributed by atoms with van der Waals surface area (Å²) in [4.78, 5) is 23.1. The smallest absolute Gasteiger partial charge is 0.339 e. The summed E-state index contributed by atoms with van der Waals surface area (Å²) in [6.45, 7) is 3.03. The molecule has 0 aromatic heterocycles. The number of amides is 1. The fourth-order valence-electron chi connectivity index (χ4n) is 1.45. The van der Waals surface area contributed by atoms with Crippen LogP contribution in [0.2, 0.25) is 5.02 Å². The van der Waals surface area contributed by atoms with Gasteiger partial charge in [-0.2, -0.15) is 0 Å². The van der Waals surface area contributed by atoms with Gasteiger partial charge in [0.15, 0.2) is 0 Å². The van der Waals surface area contributed by atoms with Gasteiger partial charge in [0.05, 0.1) is 24.2 Å². The van der Waals surface area contributed by atoms with E-state index in [4.69, 9.17) is 11.6 Å². The largest absolute Gasteiger partial charge is 0.465 e. The van der Waals surface area contributed by atoms with Crippen molar-refractivity contribution in [1.82, 2.24) is 5.32 Å². The molecule has 0 saturated heterocycles. The lowest BCUT2D eigenvalue weighted by atomic mass is 10.2. The first kappa shape index (κ1) is 15.5. The SMILES string of the molecule is CCCNCC(=O)Nc1ccc(Cl)c(C(=O)OC)c1. The third kappa shape index (κ3) is 4.89. The maximum atomic E-state index is 11.6. The fraction of sp³-hybridized carbons (Fsp3) is 0.385. The van der Waals surface area contributed by atoms with Crippen LogP contribution in [0.4, 0.5) is 5.69 Å². The van der Waals surface area contributed by atoms with E-state index in [1.165, 1.54) is 13.2 Å². The molecule has 1 rings (SSSR count). The number of methoxy groups -OCH3 is 1. The van der Waals surface area contributed by atoms with Crippen molar-refractivity contribution in [2.24, 2.45) is 0 Å². The van der Waals surface area contributed by atoms with Crippen LogP contribution in [0.1, 0.15) is 23.7 Å². The molecule has 0 unspecified atom stereocenters. The van der Waals surface area contributed by atoms with Crippen LogP contribution in [-0.2, 0) is 9.53 Å². The predicted molar refractivity (Wildman–Crippen MR) is 74.6 cm³/mol. The number of nitrogens with one attached hydrogen (secondary N) is 2. The second-order valence-corrected chi connectivity index (χ2v) is 4.32. The van der Waals surface area contributed by atoms with Crippen molar-refractivity contribution in [1.29, 1.82) is 0 Å². The zero-order chi connectivity index (χ0) is 14.3. The topological polar surface area (TPSA) is 67.4 Å². The molecule has 0 aliphatic carbocycles. The molecular weight excluding hydrogens is 268 g/mol. The Morgan fingerprint density at radius 3 is 2.74 bits per heavy atom. The number of anilines is 1. The van der Waals surface area contributed by atoms with E-state index in [1.807, 2.05) is 6.92 Å². The van der Waals surface area contributed by atoms with Gasteiger partial charge < -0.3 is 15.4 Å². The quantitative estimate of drug-likeness (QED) is 0.620. The Hall–Kier alpha value is -1.59. The summed E-state index contributed by atoms with van der Waals surface area (Å²) >= 11 is 5.88. The Morgan fingerprint density at radius 1 is 1.37 bits per heavy atom. The highest BCUT2D eigenvalue weighted by Crippen LogP contribution is 2.21. The van der Waals surface area contributed by atoms with E-state index in [-0.39, 0.29) is 23.0 Å². The molecule has 1 aromatic carbocycles. The van der Waals surface area contributed by atoms with Crippen LogP contribution in [0.3, 0.4) is 0 Å². The summed E-state index contributed by atoms with van der Waals surface area (Å²) in [5.74, 6) is -0.711. The van der Waals surface area contributed by atoms with Crippen LogP contribution in [0.5, 0.6) is 0 Å². The molecule has 19 heavy (non-hydrogen) atoms. The van der Waals surface area contributed by atoms with Gasteiger partial charge >= 0.3 is 5.97 Å². The molecule has 0 atom stereocenters. The average molecular weight is 285 g/mol. The first-order chi connectivity index (χ1) is 9.08. The monoisotopic (exact) mass is 284 g/mol. The minimum Gasteiger partial charge on any atom is -0.465 e. The first-order valence-corrected chi connectivity index (χ1v) is 6.34. The van der Waals surface area contributed by atoms with E-state index in [0.717, 1.165) is 13.0 Å². The third-order valence-electron chi connectivity index (χ3n) is 2.37. The maximum Gasteiger partial charge on any atom is 0.339 e. The Bertz CT molecular complexity index is 463. The van der Waals surface area contributed by atoms with Crippen molar-refractivity contribution in [3.8, 4) is 0 Å². The van der Waals surface area contributed by atoms with E-state index in [2.05, 4.69) is 15.4 Å². The number of halogens is 1. The molecule has 0 heterocycles. The number of hydrogen-bond acceptors (Lipinski definition) is 4. The first-order valence-electron chi connectivity index (χ1n) is 5.97. The number of esters is 1. The van der Waals surface area contributed by atoms with Gasteiger partial charge in [-0.05, 0) is 31.2 Å². The van der Waals surface area contributed by atoms with E-state index in [9.17, 15) is 9.59 Å². The van der Waals surface area contributed by atoms with Gasteiger partial charge in [0.25, 0.3) is 0 Å². The highest BCUT2D eigenvalue weighted by molar-refractivity contribution is 6.33. The van der Waals surface area contributed by atoms with Crippen LogP contribution < -0.4 is 10.6 Å². The Balaban J connectivity index is 2.69. The lowest BCUT2D eigenvalue weighted by Crippen LogP contribution is -2.28. The molecule has 5 nitrogen and oxygen atoms in total. The van der Waals surface area contributed by atoms with Crippen LogP contribution >= 0.6 is 11.6 Å². The average Bonchev–Trinajstić information content (AvgIpc) is 2.40. The fourth-order valence-corrected chi connectivity index (χ4v) is 1.65. The van der Waals surface area contributed by atoms with E-state index >= 15 is 0 Å². The standard InChI is InChI=1S/C13H17ClN2O3/c1-3-6-15-8-12(17)16-9-4-5-11(14)10(7-9)13(18)19-2/h4-5,7,15H,3,6,8H2,1-2H3,(H,16,17). The summed E-state index contributed by atoms with van der Waals surface area (Å²) < 4.78 is 4.61. The Labute approximate surface area is 117 Å². The lowest BCUT2D eigenvalue weighted by Gasteiger charge is -2.08. The maximum absolute atomic E-state index is 11.6. The second-order valence-electron chi connectivity index (χ2n) is 3.91. The molecule has 1 amide bonds. The highest BCUT2D eigenvalue weighted by atomic mass is 35.5. The van der Waals surface area contributed by atoms with Gasteiger partial charge in [-0.1, -0.05) is 18.5 Å². The molecule has 0 aliphatic heterocycles. The summed E-state index contributed by atoms with van der Waals surface area (Å²) in [6, 6.07) is 4.67. The van der Waals surface area contributed by atoms with Crippen molar-refractivity contribution < 1.29 is 14.3 Å². The van der Waals surface area contributed by atoms with Crippen molar-refractivity contribution in [2.45, 2.75) is 13.3 Å². The van der Waals surface area contributed by atoms with Crippen molar-refractivity contribution in [3.63, 3.8) is 0 Å². The molecule has 0 bridgehead atoms. The summed E-state index contributed by atoms with van der Waals surface area (Å²) in [5.41, 5.74) is 0.733. The molecule has 2 N–H and O–H groups in total. The number of rotatable bonds is 6. The number of carbonyl (C=O) groups excluding carboxylic acids is 2.